The van der Waals surface area contributed by atoms with E-state index in [2.05, 4.69) is 52.4 Å². The summed E-state index contributed by atoms with van der Waals surface area (Å²) >= 11 is 0. The molecule has 10 heteroatoms. The van der Waals surface area contributed by atoms with Gasteiger partial charge in [0.05, 0.1) is 23.6 Å². The molecule has 7 rings (SSSR count). The molecule has 264 valence electrons. The molecule has 3 atom stereocenters. The Morgan fingerprint density at radius 3 is 2.30 bits per heavy atom. The van der Waals surface area contributed by atoms with Crippen molar-refractivity contribution >= 4 is 12.2 Å². The fraction of sp³-hybridized carbons (Fsp3) is 0.500. The number of carbonyl (C=O) groups excluding carboxylic acids is 2. The van der Waals surface area contributed by atoms with Crippen LogP contribution in [0.2, 0.25) is 0 Å². The molecule has 2 aromatic carbocycles. The lowest BCUT2D eigenvalue weighted by atomic mass is 9.89. The summed E-state index contributed by atoms with van der Waals surface area (Å²) in [5.41, 5.74) is 7.88. The first kappa shape index (κ1) is 33.9. The molecular weight excluding hydrogens is 628 g/mol. The van der Waals surface area contributed by atoms with E-state index < -0.39 is 11.2 Å². The summed E-state index contributed by atoms with van der Waals surface area (Å²) in [6.45, 7) is 12.1. The van der Waals surface area contributed by atoms with E-state index >= 15 is 0 Å². The molecule has 2 N–H and O–H groups in total. The smallest absolute Gasteiger partial charge is 0.410 e. The third-order valence-electron chi connectivity index (χ3n) is 10.1. The van der Waals surface area contributed by atoms with Gasteiger partial charge in [-0.2, -0.15) is 0 Å². The van der Waals surface area contributed by atoms with Crippen LogP contribution < -0.4 is 0 Å². The molecule has 1 saturated carbocycles. The van der Waals surface area contributed by atoms with Gasteiger partial charge in [0.1, 0.15) is 22.9 Å². The maximum absolute atomic E-state index is 12.9. The Bertz CT molecular complexity index is 1880. The summed E-state index contributed by atoms with van der Waals surface area (Å²) < 4.78 is 11.3. The number of aromatic nitrogens is 4. The number of likely N-dealkylation sites (tertiary alicyclic amines) is 1. The largest absolute Gasteiger partial charge is 0.444 e. The Morgan fingerprint density at radius 1 is 0.840 bits per heavy atom. The number of H-pyrrole nitrogens is 2. The summed E-state index contributed by atoms with van der Waals surface area (Å²) in [6.07, 6.45) is 7.92. The normalized spacial score (nSPS) is 20.4. The van der Waals surface area contributed by atoms with Gasteiger partial charge in [-0.05, 0) is 102 Å². The number of carbonyl (C=O) groups is 2. The number of amides is 2. The number of likely N-dealkylation sites (N-methyl/N-ethyl adjacent to an activating group) is 1. The number of hydrogen-bond acceptors (Lipinski definition) is 6. The van der Waals surface area contributed by atoms with Gasteiger partial charge in [0.15, 0.2) is 0 Å². The van der Waals surface area contributed by atoms with Crippen molar-refractivity contribution in [1.29, 1.82) is 0 Å². The third kappa shape index (κ3) is 6.89. The Balaban J connectivity index is 1.05. The van der Waals surface area contributed by atoms with Gasteiger partial charge in [-0.15, -0.1) is 0 Å². The second-order valence-electron chi connectivity index (χ2n) is 16.1. The molecule has 0 bridgehead atoms. The molecule has 50 heavy (non-hydrogen) atoms. The highest BCUT2D eigenvalue weighted by Crippen LogP contribution is 2.40. The van der Waals surface area contributed by atoms with E-state index in [1.54, 1.807) is 4.90 Å². The minimum atomic E-state index is -0.533. The quantitative estimate of drug-likeness (QED) is 0.218. The highest BCUT2D eigenvalue weighted by molar-refractivity contribution is 5.76. The number of imidazole rings is 2. The summed E-state index contributed by atoms with van der Waals surface area (Å²) in [7, 11) is 1.84. The van der Waals surface area contributed by atoms with Crippen LogP contribution in [0.25, 0.3) is 33.6 Å². The molecule has 3 unspecified atom stereocenters. The van der Waals surface area contributed by atoms with Crippen LogP contribution in [0.4, 0.5) is 9.59 Å². The van der Waals surface area contributed by atoms with Crippen LogP contribution in [0.1, 0.15) is 109 Å². The van der Waals surface area contributed by atoms with Crippen molar-refractivity contribution in [3.8, 4) is 33.6 Å². The number of rotatable bonds is 5. The lowest BCUT2D eigenvalue weighted by Gasteiger charge is -2.31. The standard InChI is InChI=1S/C40H50N6O4/c1-39(2,3)49-37(47)45(7)32-11-8-10-29(32)35-41-23-31(43-35)25-15-13-24(14-16-25)26-17-19-28-27(22-26)18-20-30-34(28)44-36(42-30)33-12-9-21-46(33)38(48)50-40(4,5)6/h13-17,19,22-23,29,32-33H,8-12,18,20-21H2,1-7H3,(H,41,43)(H,42,44). The van der Waals surface area contributed by atoms with Gasteiger partial charge < -0.3 is 24.3 Å². The second kappa shape index (κ2) is 12.9. The monoisotopic (exact) mass is 678 g/mol. The number of nitrogens with one attached hydrogen (secondary N) is 2. The highest BCUT2D eigenvalue weighted by Gasteiger charge is 2.38. The van der Waals surface area contributed by atoms with Crippen molar-refractivity contribution in [1.82, 2.24) is 29.7 Å². The van der Waals surface area contributed by atoms with Gasteiger partial charge in [-0.3, -0.25) is 4.90 Å². The number of aromatic amines is 2. The molecule has 2 aliphatic carbocycles. The van der Waals surface area contributed by atoms with Crippen LogP contribution in [0, 0.1) is 0 Å². The first-order chi connectivity index (χ1) is 23.7. The number of benzene rings is 2. The highest BCUT2D eigenvalue weighted by atomic mass is 16.6. The van der Waals surface area contributed by atoms with Gasteiger partial charge in [-0.1, -0.05) is 48.9 Å². The molecule has 2 aromatic heterocycles. The van der Waals surface area contributed by atoms with Crippen LogP contribution >= 0.6 is 0 Å². The van der Waals surface area contributed by atoms with Crippen LogP contribution in [-0.4, -0.2) is 72.8 Å². The van der Waals surface area contributed by atoms with Crippen LogP contribution in [-0.2, 0) is 22.3 Å². The van der Waals surface area contributed by atoms with Gasteiger partial charge in [0, 0.05) is 36.8 Å². The predicted molar refractivity (Wildman–Crippen MR) is 194 cm³/mol. The van der Waals surface area contributed by atoms with Crippen LogP contribution in [0.3, 0.4) is 0 Å². The molecule has 10 nitrogen and oxygen atoms in total. The minimum Gasteiger partial charge on any atom is -0.444 e. The van der Waals surface area contributed by atoms with Gasteiger partial charge in [0.25, 0.3) is 0 Å². The van der Waals surface area contributed by atoms with E-state index in [0.29, 0.717) is 6.54 Å². The molecule has 0 radical (unpaired) electrons. The SMILES string of the molecule is CN(C(=O)OC(C)(C)C)C1CCCC1c1ncc(-c2ccc(-c3ccc4c(c3)CCc3[nH]c(C5CCCN5C(=O)OC(C)(C)C)nc3-4)cc2)[nH]1. The fourth-order valence-corrected chi connectivity index (χ4v) is 7.76. The molecule has 0 spiro atoms. The zero-order chi connectivity index (χ0) is 35.4. The molecule has 3 heterocycles. The van der Waals surface area contributed by atoms with Crippen LogP contribution in [0.5, 0.6) is 0 Å². The van der Waals surface area contributed by atoms with E-state index in [9.17, 15) is 9.59 Å². The maximum Gasteiger partial charge on any atom is 0.410 e. The predicted octanol–water partition coefficient (Wildman–Crippen LogP) is 8.81. The summed E-state index contributed by atoms with van der Waals surface area (Å²) in [6, 6.07) is 15.2. The maximum atomic E-state index is 12.9. The lowest BCUT2D eigenvalue weighted by Crippen LogP contribution is -2.42. The Labute approximate surface area is 295 Å². The molecule has 3 aliphatic rings. The Morgan fingerprint density at radius 2 is 1.56 bits per heavy atom. The number of nitrogens with zero attached hydrogens (tertiary/aromatic N) is 4. The van der Waals surface area contributed by atoms with Gasteiger partial charge >= 0.3 is 12.2 Å². The first-order valence-electron chi connectivity index (χ1n) is 18.1. The number of aryl methyl sites for hydroxylation is 2. The van der Waals surface area contributed by atoms with E-state index in [1.165, 1.54) is 11.1 Å². The number of hydrogen-bond donors (Lipinski definition) is 2. The summed E-state index contributed by atoms with van der Waals surface area (Å²) in [4.78, 5) is 46.3. The van der Waals surface area contributed by atoms with Crippen molar-refractivity contribution in [3.05, 3.63) is 71.6 Å². The average molecular weight is 679 g/mol. The van der Waals surface area contributed by atoms with Crippen molar-refractivity contribution in [2.75, 3.05) is 13.6 Å². The average Bonchev–Trinajstić information content (AvgIpc) is 3.88. The second-order valence-corrected chi connectivity index (χ2v) is 16.1. The molecule has 2 amide bonds. The Kier molecular flexibility index (Phi) is 8.77. The number of ether oxygens (including phenoxy) is 2. The fourth-order valence-electron chi connectivity index (χ4n) is 7.76. The molecule has 1 aliphatic heterocycles. The van der Waals surface area contributed by atoms with Crippen molar-refractivity contribution in [2.24, 2.45) is 0 Å². The van der Waals surface area contributed by atoms with E-state index in [0.717, 1.165) is 90.4 Å². The van der Waals surface area contributed by atoms with Crippen molar-refractivity contribution in [2.45, 2.75) is 116 Å². The summed E-state index contributed by atoms with van der Waals surface area (Å²) in [5.74, 6) is 1.92. The van der Waals surface area contributed by atoms with E-state index in [4.69, 9.17) is 19.4 Å². The molecule has 2 fully saturated rings. The third-order valence-corrected chi connectivity index (χ3v) is 10.1. The Hall–Kier alpha value is -4.60. The summed E-state index contributed by atoms with van der Waals surface area (Å²) in [5, 5.41) is 0. The topological polar surface area (TPSA) is 116 Å². The molecule has 1 saturated heterocycles. The minimum absolute atomic E-state index is 0.0500. The lowest BCUT2D eigenvalue weighted by molar-refractivity contribution is 0.0204. The molecular formula is C40H50N6O4. The number of fused-ring (bicyclic) bond motifs is 3. The van der Waals surface area contributed by atoms with Crippen LogP contribution in [0.15, 0.2) is 48.7 Å². The van der Waals surface area contributed by atoms with Crippen molar-refractivity contribution < 1.29 is 19.1 Å². The zero-order valence-electron chi connectivity index (χ0n) is 30.4. The van der Waals surface area contributed by atoms with Crippen molar-refractivity contribution in [3.63, 3.8) is 0 Å². The first-order valence-corrected chi connectivity index (χ1v) is 18.1. The van der Waals surface area contributed by atoms with Gasteiger partial charge in [0.2, 0.25) is 0 Å². The van der Waals surface area contributed by atoms with E-state index in [-0.39, 0.29) is 30.2 Å². The van der Waals surface area contributed by atoms with Gasteiger partial charge in [-0.25, -0.2) is 19.6 Å². The molecule has 4 aromatic rings. The van der Waals surface area contributed by atoms with E-state index in [1.807, 2.05) is 59.7 Å². The zero-order valence-corrected chi connectivity index (χ0v) is 30.4.